The van der Waals surface area contributed by atoms with E-state index < -0.39 is 0 Å². The van der Waals surface area contributed by atoms with Crippen LogP contribution in [0.3, 0.4) is 0 Å². The standard InChI is InChI=1S/C15H21ClN2/c1-4-5-8-11(2)18-14-10-7-6-9-13(14)17-15(18)12(3)16/h6-7,9-12H,4-5,8H2,1-3H3. The topological polar surface area (TPSA) is 17.8 Å². The van der Waals surface area contributed by atoms with Crippen molar-refractivity contribution in [2.24, 2.45) is 0 Å². The molecule has 0 N–H and O–H groups in total. The molecule has 0 fully saturated rings. The lowest BCUT2D eigenvalue weighted by Crippen LogP contribution is -2.09. The molecule has 18 heavy (non-hydrogen) atoms. The molecule has 2 rings (SSSR count). The summed E-state index contributed by atoms with van der Waals surface area (Å²) < 4.78 is 2.31. The Morgan fingerprint density at radius 2 is 2.00 bits per heavy atom. The maximum atomic E-state index is 6.27. The van der Waals surface area contributed by atoms with Crippen LogP contribution in [0.2, 0.25) is 0 Å². The molecule has 1 aromatic heterocycles. The van der Waals surface area contributed by atoms with Crippen LogP contribution >= 0.6 is 11.6 Å². The minimum Gasteiger partial charge on any atom is -0.324 e. The van der Waals surface area contributed by atoms with Crippen molar-refractivity contribution in [2.45, 2.75) is 51.5 Å². The zero-order chi connectivity index (χ0) is 13.1. The zero-order valence-corrected chi connectivity index (χ0v) is 12.1. The van der Waals surface area contributed by atoms with Crippen molar-refractivity contribution in [1.29, 1.82) is 0 Å². The molecule has 0 saturated heterocycles. The monoisotopic (exact) mass is 264 g/mol. The van der Waals surface area contributed by atoms with Gasteiger partial charge in [0.15, 0.2) is 0 Å². The molecular formula is C15H21ClN2. The van der Waals surface area contributed by atoms with Gasteiger partial charge in [0.1, 0.15) is 5.82 Å². The normalized spacial score (nSPS) is 14.9. The number of halogens is 1. The summed E-state index contributed by atoms with van der Waals surface area (Å²) in [5.74, 6) is 0.987. The van der Waals surface area contributed by atoms with Gasteiger partial charge in [0.2, 0.25) is 0 Å². The number of rotatable bonds is 5. The van der Waals surface area contributed by atoms with Crippen LogP contribution in [0.5, 0.6) is 0 Å². The van der Waals surface area contributed by atoms with Crippen molar-refractivity contribution < 1.29 is 0 Å². The molecule has 2 unspecified atom stereocenters. The number of aromatic nitrogens is 2. The molecule has 0 amide bonds. The van der Waals surface area contributed by atoms with Crippen LogP contribution in [0.1, 0.15) is 57.3 Å². The molecule has 3 heteroatoms. The number of hydrogen-bond acceptors (Lipinski definition) is 1. The molecule has 0 saturated carbocycles. The molecule has 98 valence electrons. The smallest absolute Gasteiger partial charge is 0.127 e. The third-order valence-electron chi connectivity index (χ3n) is 3.40. The number of fused-ring (bicyclic) bond motifs is 1. The van der Waals surface area contributed by atoms with E-state index in [1.807, 2.05) is 13.0 Å². The van der Waals surface area contributed by atoms with E-state index in [-0.39, 0.29) is 5.38 Å². The first-order valence-corrected chi connectivity index (χ1v) is 7.19. The third kappa shape index (κ3) is 2.54. The van der Waals surface area contributed by atoms with E-state index in [2.05, 4.69) is 41.6 Å². The minimum atomic E-state index is -0.0542. The van der Waals surface area contributed by atoms with E-state index in [1.54, 1.807) is 0 Å². The summed E-state index contributed by atoms with van der Waals surface area (Å²) in [6.45, 7) is 6.47. The average molecular weight is 265 g/mol. The maximum absolute atomic E-state index is 6.27. The van der Waals surface area contributed by atoms with Gasteiger partial charge >= 0.3 is 0 Å². The Hall–Kier alpha value is -1.02. The zero-order valence-electron chi connectivity index (χ0n) is 11.4. The van der Waals surface area contributed by atoms with E-state index in [0.29, 0.717) is 6.04 Å². The van der Waals surface area contributed by atoms with Crippen LogP contribution in [-0.4, -0.2) is 9.55 Å². The van der Waals surface area contributed by atoms with E-state index in [4.69, 9.17) is 11.6 Å². The molecule has 0 radical (unpaired) electrons. The third-order valence-corrected chi connectivity index (χ3v) is 3.59. The van der Waals surface area contributed by atoms with Crippen molar-refractivity contribution in [3.8, 4) is 0 Å². The van der Waals surface area contributed by atoms with Crippen LogP contribution in [0.15, 0.2) is 24.3 Å². The Balaban J connectivity index is 2.47. The first kappa shape index (κ1) is 13.4. The first-order chi connectivity index (χ1) is 8.65. The summed E-state index contributed by atoms with van der Waals surface area (Å²) in [6.07, 6.45) is 3.64. The summed E-state index contributed by atoms with van der Waals surface area (Å²) >= 11 is 6.27. The van der Waals surface area contributed by atoms with Crippen LogP contribution < -0.4 is 0 Å². The lowest BCUT2D eigenvalue weighted by Gasteiger charge is -2.18. The SMILES string of the molecule is CCCCC(C)n1c(C(C)Cl)nc2ccccc21. The van der Waals surface area contributed by atoms with E-state index in [0.717, 1.165) is 11.3 Å². The first-order valence-electron chi connectivity index (χ1n) is 6.76. The summed E-state index contributed by atoms with van der Waals surface area (Å²) in [7, 11) is 0. The van der Waals surface area contributed by atoms with Gasteiger partial charge in [0.25, 0.3) is 0 Å². The number of imidazole rings is 1. The molecule has 0 aliphatic carbocycles. The largest absolute Gasteiger partial charge is 0.324 e. The molecule has 2 nitrogen and oxygen atoms in total. The van der Waals surface area contributed by atoms with Crippen molar-refractivity contribution in [3.63, 3.8) is 0 Å². The molecule has 0 aliphatic rings. The highest BCUT2D eigenvalue weighted by atomic mass is 35.5. The van der Waals surface area contributed by atoms with Gasteiger partial charge in [0, 0.05) is 6.04 Å². The van der Waals surface area contributed by atoms with Crippen molar-refractivity contribution >= 4 is 22.6 Å². The molecule has 0 spiro atoms. The quantitative estimate of drug-likeness (QED) is 0.688. The van der Waals surface area contributed by atoms with Gasteiger partial charge in [-0.15, -0.1) is 11.6 Å². The fourth-order valence-electron chi connectivity index (χ4n) is 2.44. The van der Waals surface area contributed by atoms with Crippen molar-refractivity contribution in [3.05, 3.63) is 30.1 Å². The van der Waals surface area contributed by atoms with Crippen LogP contribution in [0.4, 0.5) is 0 Å². The van der Waals surface area contributed by atoms with Gasteiger partial charge in [-0.25, -0.2) is 4.98 Å². The summed E-state index contributed by atoms with van der Waals surface area (Å²) in [6, 6.07) is 8.73. The molecular weight excluding hydrogens is 244 g/mol. The second kappa shape index (κ2) is 5.75. The number of alkyl halides is 1. The number of benzene rings is 1. The minimum absolute atomic E-state index is 0.0542. The fourth-order valence-corrected chi connectivity index (χ4v) is 2.59. The highest BCUT2D eigenvalue weighted by Crippen LogP contribution is 2.29. The van der Waals surface area contributed by atoms with Crippen LogP contribution in [0.25, 0.3) is 11.0 Å². The number of hydrogen-bond donors (Lipinski definition) is 0. The van der Waals surface area contributed by atoms with Gasteiger partial charge in [-0.1, -0.05) is 31.9 Å². The van der Waals surface area contributed by atoms with Gasteiger partial charge < -0.3 is 4.57 Å². The van der Waals surface area contributed by atoms with Crippen molar-refractivity contribution in [2.75, 3.05) is 0 Å². The lowest BCUT2D eigenvalue weighted by atomic mass is 10.1. The van der Waals surface area contributed by atoms with Crippen molar-refractivity contribution in [1.82, 2.24) is 9.55 Å². The van der Waals surface area contributed by atoms with Gasteiger partial charge in [0.05, 0.1) is 16.4 Å². The summed E-state index contributed by atoms with van der Waals surface area (Å²) in [5, 5.41) is -0.0542. The predicted octanol–water partition coefficient (Wildman–Crippen LogP) is 5.09. The molecule has 1 heterocycles. The molecule has 0 bridgehead atoms. The van der Waals surface area contributed by atoms with Gasteiger partial charge in [-0.2, -0.15) is 0 Å². The number of nitrogens with zero attached hydrogens (tertiary/aromatic N) is 2. The Morgan fingerprint density at radius 3 is 2.67 bits per heavy atom. The van der Waals surface area contributed by atoms with Gasteiger partial charge in [-0.3, -0.25) is 0 Å². The average Bonchev–Trinajstić information content (AvgIpc) is 2.75. The molecule has 0 aliphatic heterocycles. The van der Waals surface area contributed by atoms with E-state index >= 15 is 0 Å². The van der Waals surface area contributed by atoms with Crippen LogP contribution in [-0.2, 0) is 0 Å². The Morgan fingerprint density at radius 1 is 1.28 bits per heavy atom. The fraction of sp³-hybridized carbons (Fsp3) is 0.533. The Bertz CT molecular complexity index is 516. The Labute approximate surface area is 114 Å². The van der Waals surface area contributed by atoms with Gasteiger partial charge in [-0.05, 0) is 32.4 Å². The number of unbranched alkanes of at least 4 members (excludes halogenated alkanes) is 1. The second-order valence-electron chi connectivity index (χ2n) is 4.94. The molecule has 1 aromatic carbocycles. The summed E-state index contributed by atoms with van der Waals surface area (Å²) in [4.78, 5) is 4.67. The lowest BCUT2D eigenvalue weighted by molar-refractivity contribution is 0.480. The van der Waals surface area contributed by atoms with Crippen LogP contribution in [0, 0.1) is 0 Å². The highest BCUT2D eigenvalue weighted by Gasteiger charge is 2.18. The van der Waals surface area contributed by atoms with E-state index in [9.17, 15) is 0 Å². The number of para-hydroxylation sites is 2. The molecule has 2 atom stereocenters. The highest BCUT2D eigenvalue weighted by molar-refractivity contribution is 6.20. The predicted molar refractivity (Wildman–Crippen MR) is 78.2 cm³/mol. The maximum Gasteiger partial charge on any atom is 0.127 e. The summed E-state index contributed by atoms with van der Waals surface area (Å²) in [5.41, 5.74) is 2.24. The second-order valence-corrected chi connectivity index (χ2v) is 5.59. The van der Waals surface area contributed by atoms with E-state index in [1.165, 1.54) is 24.8 Å². The molecule has 2 aromatic rings. The Kier molecular flexibility index (Phi) is 4.28.